The normalized spacial score (nSPS) is 17.7. The first-order chi connectivity index (χ1) is 26.4. The van der Waals surface area contributed by atoms with Crippen LogP contribution in [0.25, 0.3) is 17.1 Å². The summed E-state index contributed by atoms with van der Waals surface area (Å²) in [7, 11) is 0. The molecular formula is C40H44N8O7. The minimum atomic E-state index is -0.732. The van der Waals surface area contributed by atoms with Crippen molar-refractivity contribution in [3.63, 3.8) is 0 Å². The van der Waals surface area contributed by atoms with E-state index in [1.54, 1.807) is 28.8 Å². The summed E-state index contributed by atoms with van der Waals surface area (Å²) in [6.45, 7) is 8.28. The molecular weight excluding hydrogens is 704 g/mol. The Morgan fingerprint density at radius 1 is 0.945 bits per heavy atom. The van der Waals surface area contributed by atoms with Crippen molar-refractivity contribution in [2.45, 2.75) is 71.5 Å². The Hall–Kier alpha value is -6.09. The van der Waals surface area contributed by atoms with Crippen molar-refractivity contribution in [3.8, 4) is 28.6 Å². The van der Waals surface area contributed by atoms with Gasteiger partial charge in [-0.3, -0.25) is 38.8 Å². The monoisotopic (exact) mass is 748 g/mol. The quantitative estimate of drug-likeness (QED) is 0.149. The van der Waals surface area contributed by atoms with Gasteiger partial charge in [-0.1, -0.05) is 32.0 Å². The van der Waals surface area contributed by atoms with Crippen LogP contribution in [-0.4, -0.2) is 90.0 Å². The summed E-state index contributed by atoms with van der Waals surface area (Å²) in [5.41, 5.74) is 4.28. The standard InChI is InChI=1S/C40H44N8O7/c1-4-41-39(54)36-45-44-35(28-18-27(22(2)3)32(49)19-33(28)50)48(36)25-10-8-23(9-11-25)20-46-16-14-24(15-17-46)37(52)42-30-7-5-6-26-29(30)21-47(40(26)55)31-12-13-34(51)43-38(31)53/h5-11,18-19,22,24,31,49-50H,4,12-17,20-21H2,1-3H3,(H,41,54)(H,42,52)(H,43,51,53). The molecule has 3 aliphatic rings. The number of fused-ring (bicyclic) bond motifs is 1. The largest absolute Gasteiger partial charge is 0.508 e. The van der Waals surface area contributed by atoms with Crippen LogP contribution in [0.4, 0.5) is 5.69 Å². The summed E-state index contributed by atoms with van der Waals surface area (Å²) < 4.78 is 1.60. The third-order valence-corrected chi connectivity index (χ3v) is 10.6. The van der Waals surface area contributed by atoms with Crippen LogP contribution < -0.4 is 16.0 Å². The van der Waals surface area contributed by atoms with E-state index in [-0.39, 0.29) is 72.1 Å². The highest BCUT2D eigenvalue weighted by atomic mass is 16.3. The maximum Gasteiger partial charge on any atom is 0.289 e. The first-order valence-electron chi connectivity index (χ1n) is 18.6. The van der Waals surface area contributed by atoms with E-state index in [4.69, 9.17) is 0 Å². The Bertz CT molecular complexity index is 2170. The number of aromatic hydroxyl groups is 2. The fourth-order valence-corrected chi connectivity index (χ4v) is 7.62. The van der Waals surface area contributed by atoms with Crippen molar-refractivity contribution in [3.05, 3.63) is 82.7 Å². The van der Waals surface area contributed by atoms with Crippen molar-refractivity contribution in [1.82, 2.24) is 35.2 Å². The Morgan fingerprint density at radius 2 is 1.69 bits per heavy atom. The van der Waals surface area contributed by atoms with E-state index >= 15 is 0 Å². The molecule has 0 radical (unpaired) electrons. The van der Waals surface area contributed by atoms with Crippen molar-refractivity contribution in [2.24, 2.45) is 5.92 Å². The van der Waals surface area contributed by atoms with Crippen LogP contribution in [-0.2, 0) is 27.5 Å². The Morgan fingerprint density at radius 3 is 2.38 bits per heavy atom. The number of carbonyl (C=O) groups excluding carboxylic acids is 5. The van der Waals surface area contributed by atoms with E-state index in [0.717, 1.165) is 5.56 Å². The average molecular weight is 749 g/mol. The highest BCUT2D eigenvalue weighted by Gasteiger charge is 2.40. The molecule has 0 saturated carbocycles. The summed E-state index contributed by atoms with van der Waals surface area (Å²) in [6.07, 6.45) is 1.73. The molecule has 2 fully saturated rings. The summed E-state index contributed by atoms with van der Waals surface area (Å²) in [5, 5.41) is 37.9. The van der Waals surface area contributed by atoms with Crippen molar-refractivity contribution < 1.29 is 34.2 Å². The van der Waals surface area contributed by atoms with Crippen LogP contribution >= 0.6 is 0 Å². The lowest BCUT2D eigenvalue weighted by Crippen LogP contribution is -2.52. The third-order valence-electron chi connectivity index (χ3n) is 10.6. The summed E-state index contributed by atoms with van der Waals surface area (Å²) in [5.74, 6) is -1.80. The maximum absolute atomic E-state index is 13.5. The number of imide groups is 1. The third kappa shape index (κ3) is 7.39. The van der Waals surface area contributed by atoms with E-state index < -0.39 is 17.9 Å². The molecule has 7 rings (SSSR count). The van der Waals surface area contributed by atoms with Crippen molar-refractivity contribution >= 4 is 35.2 Å². The molecule has 4 aromatic rings. The lowest BCUT2D eigenvalue weighted by molar-refractivity contribution is -0.137. The number of amides is 5. The molecule has 5 N–H and O–H groups in total. The predicted molar refractivity (Wildman–Crippen MR) is 201 cm³/mol. The zero-order valence-electron chi connectivity index (χ0n) is 31.0. The zero-order valence-corrected chi connectivity index (χ0v) is 31.0. The van der Waals surface area contributed by atoms with Crippen molar-refractivity contribution in [1.29, 1.82) is 0 Å². The van der Waals surface area contributed by atoms with E-state index in [2.05, 4.69) is 31.0 Å². The van der Waals surface area contributed by atoms with Gasteiger partial charge in [-0.05, 0) is 86.7 Å². The number of benzene rings is 3. The number of nitrogens with one attached hydrogen (secondary N) is 3. The summed E-state index contributed by atoms with van der Waals surface area (Å²) in [6, 6.07) is 15.1. The van der Waals surface area contributed by atoms with Gasteiger partial charge in [0.15, 0.2) is 5.82 Å². The summed E-state index contributed by atoms with van der Waals surface area (Å²) in [4.78, 5) is 67.6. The topological polar surface area (TPSA) is 199 Å². The number of hydrogen-bond donors (Lipinski definition) is 5. The molecule has 15 heteroatoms. The van der Waals surface area contributed by atoms with Gasteiger partial charge in [0.25, 0.3) is 11.8 Å². The molecule has 1 unspecified atom stereocenters. The average Bonchev–Trinajstić information content (AvgIpc) is 3.74. The first kappa shape index (κ1) is 37.2. The van der Waals surface area contributed by atoms with Gasteiger partial charge in [0.2, 0.25) is 23.5 Å². The lowest BCUT2D eigenvalue weighted by Gasteiger charge is -2.31. The maximum atomic E-state index is 13.5. The van der Waals surface area contributed by atoms with Crippen LogP contribution in [0.1, 0.15) is 90.0 Å². The van der Waals surface area contributed by atoms with E-state index in [1.807, 2.05) is 45.0 Å². The molecule has 3 aliphatic heterocycles. The number of rotatable bonds is 10. The molecule has 15 nitrogen and oxygen atoms in total. The second kappa shape index (κ2) is 15.3. The number of nitrogens with zero attached hydrogens (tertiary/aromatic N) is 5. The number of likely N-dealkylation sites (tertiary alicyclic amines) is 1. The number of phenolic OH excluding ortho intramolecular Hbond substituents is 2. The highest BCUT2D eigenvalue weighted by Crippen LogP contribution is 2.38. The Labute approximate surface area is 317 Å². The van der Waals surface area contributed by atoms with Crippen LogP contribution in [0.15, 0.2) is 54.6 Å². The fraction of sp³-hybridized carbons (Fsp3) is 0.375. The smallest absolute Gasteiger partial charge is 0.289 e. The molecule has 0 spiro atoms. The second-order valence-corrected chi connectivity index (χ2v) is 14.6. The molecule has 0 bridgehead atoms. The van der Waals surface area contributed by atoms with Gasteiger partial charge in [-0.25, -0.2) is 0 Å². The molecule has 0 aliphatic carbocycles. The van der Waals surface area contributed by atoms with E-state index in [9.17, 15) is 34.2 Å². The predicted octanol–water partition coefficient (Wildman–Crippen LogP) is 3.83. The number of carbonyl (C=O) groups is 5. The molecule has 286 valence electrons. The van der Waals surface area contributed by atoms with Crippen molar-refractivity contribution in [2.75, 3.05) is 25.0 Å². The number of aromatic nitrogens is 3. The SMILES string of the molecule is CCNC(=O)c1nnc(-c2cc(C(C)C)c(O)cc2O)n1-c1ccc(CN2CCC(C(=O)Nc3cccc4c3CN(C3CCC(=O)NC3=O)C4=O)CC2)cc1. The van der Waals surface area contributed by atoms with Gasteiger partial charge in [0.05, 0.1) is 5.56 Å². The molecule has 2 saturated heterocycles. The van der Waals surface area contributed by atoms with Crippen LogP contribution in [0.5, 0.6) is 11.5 Å². The van der Waals surface area contributed by atoms with Gasteiger partial charge in [0, 0.05) is 60.5 Å². The zero-order chi connectivity index (χ0) is 39.0. The summed E-state index contributed by atoms with van der Waals surface area (Å²) >= 11 is 0. The Kier molecular flexibility index (Phi) is 10.4. The minimum Gasteiger partial charge on any atom is -0.508 e. The van der Waals surface area contributed by atoms with E-state index in [1.165, 1.54) is 11.0 Å². The molecule has 1 aromatic heterocycles. The van der Waals surface area contributed by atoms with Crippen LogP contribution in [0, 0.1) is 5.92 Å². The molecule has 5 amide bonds. The van der Waals surface area contributed by atoms with E-state index in [0.29, 0.717) is 72.6 Å². The highest BCUT2D eigenvalue weighted by molar-refractivity contribution is 6.07. The first-order valence-corrected chi connectivity index (χ1v) is 18.6. The van der Waals surface area contributed by atoms with Crippen LogP contribution in [0.2, 0.25) is 0 Å². The van der Waals surface area contributed by atoms with Crippen LogP contribution in [0.3, 0.4) is 0 Å². The Balaban J connectivity index is 1.00. The molecule has 1 atom stereocenters. The lowest BCUT2D eigenvalue weighted by atomic mass is 9.95. The second-order valence-electron chi connectivity index (χ2n) is 14.6. The number of phenols is 2. The van der Waals surface area contributed by atoms with Gasteiger partial charge in [-0.15, -0.1) is 10.2 Å². The minimum absolute atomic E-state index is 0.0302. The van der Waals surface area contributed by atoms with Gasteiger partial charge in [-0.2, -0.15) is 0 Å². The van der Waals surface area contributed by atoms with Gasteiger partial charge < -0.3 is 25.7 Å². The number of hydrogen-bond acceptors (Lipinski definition) is 10. The van der Waals surface area contributed by atoms with Gasteiger partial charge >= 0.3 is 0 Å². The fourth-order valence-electron chi connectivity index (χ4n) is 7.62. The molecule has 3 aromatic carbocycles. The number of anilines is 1. The molecule has 55 heavy (non-hydrogen) atoms. The van der Waals surface area contributed by atoms with Gasteiger partial charge in [0.1, 0.15) is 17.5 Å². The molecule has 4 heterocycles. The number of piperidine rings is 2.